The maximum absolute atomic E-state index is 12.0. The zero-order valence-corrected chi connectivity index (χ0v) is 12.0. The molecule has 1 aliphatic carbocycles. The van der Waals surface area contributed by atoms with Crippen molar-refractivity contribution in [2.75, 3.05) is 13.1 Å². The first-order valence-corrected chi connectivity index (χ1v) is 7.43. The summed E-state index contributed by atoms with van der Waals surface area (Å²) in [6, 6.07) is 0. The second kappa shape index (κ2) is 4.84. The van der Waals surface area contributed by atoms with E-state index in [2.05, 4.69) is 20.8 Å². The van der Waals surface area contributed by atoms with Gasteiger partial charge in [-0.05, 0) is 38.0 Å². The number of likely N-dealkylation sites (tertiary alicyclic amines) is 1. The SMILES string of the molecule is CCC1(O)CCC12CCN(C(=O)CC(C)C)CC2. The number of amides is 1. The Morgan fingerprint density at radius 1 is 1.22 bits per heavy atom. The number of piperidine rings is 1. The summed E-state index contributed by atoms with van der Waals surface area (Å²) in [5, 5.41) is 10.6. The molecule has 1 heterocycles. The summed E-state index contributed by atoms with van der Waals surface area (Å²) in [7, 11) is 0. The monoisotopic (exact) mass is 253 g/mol. The van der Waals surface area contributed by atoms with Gasteiger partial charge in [0.1, 0.15) is 0 Å². The third-order valence-corrected chi connectivity index (χ3v) is 5.25. The highest BCUT2D eigenvalue weighted by atomic mass is 16.3. The van der Waals surface area contributed by atoms with Gasteiger partial charge in [-0.3, -0.25) is 4.79 Å². The number of carbonyl (C=O) groups excluding carboxylic acids is 1. The number of nitrogens with zero attached hydrogens (tertiary/aromatic N) is 1. The van der Waals surface area contributed by atoms with Crippen LogP contribution in [0.15, 0.2) is 0 Å². The van der Waals surface area contributed by atoms with E-state index in [1.54, 1.807) is 0 Å². The zero-order chi connectivity index (χ0) is 13.4. The minimum atomic E-state index is -0.444. The van der Waals surface area contributed by atoms with Gasteiger partial charge in [0.2, 0.25) is 5.91 Å². The lowest BCUT2D eigenvalue weighted by Gasteiger charge is -2.59. The fourth-order valence-corrected chi connectivity index (χ4v) is 3.70. The van der Waals surface area contributed by atoms with E-state index in [1.807, 2.05) is 4.90 Å². The molecular formula is C15H27NO2. The standard InChI is InChI=1S/C15H27NO2/c1-4-15(18)6-5-14(15)7-9-16(10-8-14)13(17)11-12(2)3/h12,18H,4-11H2,1-3H3. The number of hydrogen-bond donors (Lipinski definition) is 1. The summed E-state index contributed by atoms with van der Waals surface area (Å²) in [6.07, 6.45) is 5.58. The quantitative estimate of drug-likeness (QED) is 0.840. The zero-order valence-electron chi connectivity index (χ0n) is 12.0. The Kier molecular flexibility index (Phi) is 3.72. The molecule has 2 rings (SSSR count). The van der Waals surface area contributed by atoms with Crippen molar-refractivity contribution < 1.29 is 9.90 Å². The first kappa shape index (κ1) is 13.9. The predicted octanol–water partition coefficient (Wildman–Crippen LogP) is 2.58. The second-order valence-corrected chi connectivity index (χ2v) is 6.64. The molecule has 1 N–H and O–H groups in total. The molecule has 1 spiro atoms. The molecule has 1 unspecified atom stereocenters. The van der Waals surface area contributed by atoms with Crippen molar-refractivity contribution in [3.8, 4) is 0 Å². The highest BCUT2D eigenvalue weighted by molar-refractivity contribution is 5.76. The molecule has 18 heavy (non-hydrogen) atoms. The molecule has 0 bridgehead atoms. The van der Waals surface area contributed by atoms with Crippen LogP contribution in [-0.2, 0) is 4.79 Å². The van der Waals surface area contributed by atoms with Crippen molar-refractivity contribution in [1.82, 2.24) is 4.90 Å². The molecule has 1 atom stereocenters. The molecule has 1 amide bonds. The van der Waals surface area contributed by atoms with Crippen LogP contribution in [0.5, 0.6) is 0 Å². The van der Waals surface area contributed by atoms with Gasteiger partial charge in [0, 0.05) is 24.9 Å². The molecule has 1 aliphatic heterocycles. The topological polar surface area (TPSA) is 40.5 Å². The number of carbonyl (C=O) groups is 1. The van der Waals surface area contributed by atoms with E-state index in [0.29, 0.717) is 18.2 Å². The van der Waals surface area contributed by atoms with Crippen LogP contribution in [0.25, 0.3) is 0 Å². The Morgan fingerprint density at radius 3 is 2.22 bits per heavy atom. The van der Waals surface area contributed by atoms with Gasteiger partial charge in [-0.25, -0.2) is 0 Å². The van der Waals surface area contributed by atoms with Crippen LogP contribution in [0.3, 0.4) is 0 Å². The van der Waals surface area contributed by atoms with Crippen LogP contribution in [-0.4, -0.2) is 34.6 Å². The van der Waals surface area contributed by atoms with Crippen LogP contribution in [0.1, 0.15) is 59.3 Å². The predicted molar refractivity (Wildman–Crippen MR) is 72.2 cm³/mol. The van der Waals surface area contributed by atoms with Crippen molar-refractivity contribution >= 4 is 5.91 Å². The van der Waals surface area contributed by atoms with E-state index in [9.17, 15) is 9.90 Å². The van der Waals surface area contributed by atoms with Crippen molar-refractivity contribution in [2.45, 2.75) is 64.9 Å². The first-order chi connectivity index (χ1) is 8.42. The Morgan fingerprint density at radius 2 is 1.83 bits per heavy atom. The summed E-state index contributed by atoms with van der Waals surface area (Å²) < 4.78 is 0. The molecule has 104 valence electrons. The van der Waals surface area contributed by atoms with Gasteiger partial charge in [-0.1, -0.05) is 20.8 Å². The third kappa shape index (κ3) is 2.18. The molecule has 2 fully saturated rings. The molecular weight excluding hydrogens is 226 g/mol. The van der Waals surface area contributed by atoms with Crippen LogP contribution in [0.2, 0.25) is 0 Å². The summed E-state index contributed by atoms with van der Waals surface area (Å²) in [5.41, 5.74) is -0.323. The molecule has 1 saturated heterocycles. The summed E-state index contributed by atoms with van der Waals surface area (Å²) in [4.78, 5) is 14.0. The lowest BCUT2D eigenvalue weighted by Crippen LogP contribution is -2.61. The fraction of sp³-hybridized carbons (Fsp3) is 0.933. The normalized spacial score (nSPS) is 30.6. The minimum absolute atomic E-state index is 0.121. The van der Waals surface area contributed by atoms with E-state index in [4.69, 9.17) is 0 Å². The maximum Gasteiger partial charge on any atom is 0.222 e. The van der Waals surface area contributed by atoms with Gasteiger partial charge >= 0.3 is 0 Å². The van der Waals surface area contributed by atoms with Crippen LogP contribution in [0, 0.1) is 11.3 Å². The number of rotatable bonds is 3. The number of aliphatic hydroxyl groups is 1. The Labute approximate surface area is 111 Å². The number of hydrogen-bond acceptors (Lipinski definition) is 2. The van der Waals surface area contributed by atoms with Crippen LogP contribution < -0.4 is 0 Å². The summed E-state index contributed by atoms with van der Waals surface area (Å²) in [5.74, 6) is 0.726. The van der Waals surface area contributed by atoms with Gasteiger partial charge in [0.05, 0.1) is 5.60 Å². The van der Waals surface area contributed by atoms with E-state index < -0.39 is 5.60 Å². The maximum atomic E-state index is 12.0. The highest BCUT2D eigenvalue weighted by Gasteiger charge is 2.57. The van der Waals surface area contributed by atoms with Crippen molar-refractivity contribution in [3.05, 3.63) is 0 Å². The Balaban J connectivity index is 1.91. The first-order valence-electron chi connectivity index (χ1n) is 7.43. The molecule has 2 aliphatic rings. The van der Waals surface area contributed by atoms with Gasteiger partial charge < -0.3 is 10.0 Å². The molecule has 0 radical (unpaired) electrons. The van der Waals surface area contributed by atoms with Gasteiger partial charge in [-0.15, -0.1) is 0 Å². The van der Waals surface area contributed by atoms with E-state index in [0.717, 1.165) is 45.2 Å². The van der Waals surface area contributed by atoms with Gasteiger partial charge in [0.25, 0.3) is 0 Å². The highest BCUT2D eigenvalue weighted by Crippen LogP contribution is 2.57. The van der Waals surface area contributed by atoms with Crippen LogP contribution >= 0.6 is 0 Å². The third-order valence-electron chi connectivity index (χ3n) is 5.25. The average Bonchev–Trinajstić information content (AvgIpc) is 2.35. The van der Waals surface area contributed by atoms with E-state index in [1.165, 1.54) is 0 Å². The second-order valence-electron chi connectivity index (χ2n) is 6.64. The Hall–Kier alpha value is -0.570. The molecule has 0 aromatic rings. The molecule has 3 nitrogen and oxygen atoms in total. The smallest absolute Gasteiger partial charge is 0.222 e. The van der Waals surface area contributed by atoms with Crippen molar-refractivity contribution in [1.29, 1.82) is 0 Å². The van der Waals surface area contributed by atoms with Crippen LogP contribution in [0.4, 0.5) is 0 Å². The minimum Gasteiger partial charge on any atom is -0.389 e. The summed E-state index contributed by atoms with van der Waals surface area (Å²) in [6.45, 7) is 7.94. The fourth-order valence-electron chi connectivity index (χ4n) is 3.70. The Bertz CT molecular complexity index is 314. The largest absolute Gasteiger partial charge is 0.389 e. The van der Waals surface area contributed by atoms with Crippen molar-refractivity contribution in [2.24, 2.45) is 11.3 Å². The van der Waals surface area contributed by atoms with E-state index >= 15 is 0 Å². The average molecular weight is 253 g/mol. The lowest BCUT2D eigenvalue weighted by atomic mass is 9.51. The molecule has 1 saturated carbocycles. The summed E-state index contributed by atoms with van der Waals surface area (Å²) >= 11 is 0. The molecule has 3 heteroatoms. The lowest BCUT2D eigenvalue weighted by molar-refractivity contribution is -0.192. The van der Waals surface area contributed by atoms with Gasteiger partial charge in [-0.2, -0.15) is 0 Å². The molecule has 0 aromatic heterocycles. The van der Waals surface area contributed by atoms with E-state index in [-0.39, 0.29) is 5.41 Å². The van der Waals surface area contributed by atoms with Crippen molar-refractivity contribution in [3.63, 3.8) is 0 Å². The van der Waals surface area contributed by atoms with Gasteiger partial charge in [0.15, 0.2) is 0 Å². The molecule has 0 aromatic carbocycles.